The molecule has 3 aromatic rings. The molecule has 1 atom stereocenters. The second-order valence-electron chi connectivity index (χ2n) is 7.54. The van der Waals surface area contributed by atoms with Crippen LogP contribution < -0.4 is 15.4 Å². The van der Waals surface area contributed by atoms with Gasteiger partial charge in [-0.1, -0.05) is 24.3 Å². The predicted octanol–water partition coefficient (Wildman–Crippen LogP) is 4.48. The van der Waals surface area contributed by atoms with E-state index in [-0.39, 0.29) is 17.8 Å². The average molecular weight is 422 g/mol. The van der Waals surface area contributed by atoms with Crippen molar-refractivity contribution in [3.8, 4) is 5.75 Å². The largest absolute Gasteiger partial charge is 0.497 e. The Balaban J connectivity index is 1.58. The highest BCUT2D eigenvalue weighted by Crippen LogP contribution is 2.19. The van der Waals surface area contributed by atoms with E-state index in [1.165, 1.54) is 12.1 Å². The Morgan fingerprint density at radius 2 is 1.74 bits per heavy atom. The molecule has 0 saturated heterocycles. The fourth-order valence-electron chi connectivity index (χ4n) is 3.34. The molecule has 0 saturated carbocycles. The first kappa shape index (κ1) is 22.5. The third kappa shape index (κ3) is 6.38. The summed E-state index contributed by atoms with van der Waals surface area (Å²) in [5.41, 5.74) is 3.42. The molecule has 6 heteroatoms. The number of nitrogens with one attached hydrogen (secondary N) is 2. The van der Waals surface area contributed by atoms with Gasteiger partial charge >= 0.3 is 0 Å². The van der Waals surface area contributed by atoms with Crippen LogP contribution in [0.25, 0.3) is 0 Å². The molecule has 0 aliphatic heterocycles. The molecule has 0 aliphatic carbocycles. The van der Waals surface area contributed by atoms with E-state index in [9.17, 15) is 9.18 Å². The van der Waals surface area contributed by atoms with Crippen molar-refractivity contribution in [1.82, 2.24) is 10.2 Å². The lowest BCUT2D eigenvalue weighted by atomic mass is 10.1. The van der Waals surface area contributed by atoms with Crippen LogP contribution in [0.15, 0.2) is 72.8 Å². The fraction of sp³-hybridized carbons (Fsp3) is 0.240. The summed E-state index contributed by atoms with van der Waals surface area (Å²) >= 11 is 0. The number of carbonyl (C=O) groups is 1. The Morgan fingerprint density at radius 3 is 2.39 bits per heavy atom. The van der Waals surface area contributed by atoms with Crippen LogP contribution in [-0.2, 0) is 6.54 Å². The van der Waals surface area contributed by atoms with Crippen LogP contribution in [-0.4, -0.2) is 38.6 Å². The van der Waals surface area contributed by atoms with Gasteiger partial charge in [-0.2, -0.15) is 0 Å². The summed E-state index contributed by atoms with van der Waals surface area (Å²) in [7, 11) is 5.60. The quantitative estimate of drug-likeness (QED) is 0.535. The van der Waals surface area contributed by atoms with Gasteiger partial charge in [0.15, 0.2) is 0 Å². The van der Waals surface area contributed by atoms with Crippen LogP contribution in [0.1, 0.15) is 27.5 Å². The van der Waals surface area contributed by atoms with Gasteiger partial charge in [0.2, 0.25) is 0 Å². The molecule has 2 N–H and O–H groups in total. The Hall–Kier alpha value is -3.22. The number of amides is 1. The number of nitrogens with zero attached hydrogens (tertiary/aromatic N) is 1. The van der Waals surface area contributed by atoms with Crippen LogP contribution in [0.5, 0.6) is 5.75 Å². The van der Waals surface area contributed by atoms with Crippen molar-refractivity contribution >= 4 is 11.6 Å². The third-order valence-electron chi connectivity index (χ3n) is 5.08. The van der Waals surface area contributed by atoms with Gasteiger partial charge in [0.1, 0.15) is 11.6 Å². The van der Waals surface area contributed by atoms with Crippen molar-refractivity contribution < 1.29 is 13.9 Å². The van der Waals surface area contributed by atoms with Crippen LogP contribution in [0, 0.1) is 5.82 Å². The maximum atomic E-state index is 13.2. The van der Waals surface area contributed by atoms with E-state index in [1.54, 1.807) is 31.4 Å². The van der Waals surface area contributed by atoms with E-state index in [2.05, 4.69) is 15.5 Å². The summed E-state index contributed by atoms with van der Waals surface area (Å²) in [4.78, 5) is 14.6. The molecule has 5 nitrogen and oxygen atoms in total. The van der Waals surface area contributed by atoms with E-state index in [1.807, 2.05) is 50.5 Å². The lowest BCUT2D eigenvalue weighted by molar-refractivity contribution is 0.102. The first-order valence-electron chi connectivity index (χ1n) is 10.1. The average Bonchev–Trinajstić information content (AvgIpc) is 2.77. The highest BCUT2D eigenvalue weighted by atomic mass is 19.1. The number of ether oxygens (including phenoxy) is 1. The first-order chi connectivity index (χ1) is 15.0. The van der Waals surface area contributed by atoms with Gasteiger partial charge in [-0.05, 0) is 73.8 Å². The topological polar surface area (TPSA) is 53.6 Å². The highest BCUT2D eigenvalue weighted by molar-refractivity contribution is 6.04. The number of rotatable bonds is 9. The van der Waals surface area contributed by atoms with E-state index < -0.39 is 0 Å². The van der Waals surface area contributed by atoms with Gasteiger partial charge in [-0.15, -0.1) is 0 Å². The molecule has 0 fully saturated rings. The predicted molar refractivity (Wildman–Crippen MR) is 122 cm³/mol. The number of anilines is 1. The lowest BCUT2D eigenvalue weighted by Crippen LogP contribution is -2.30. The summed E-state index contributed by atoms with van der Waals surface area (Å²) < 4.78 is 18.4. The van der Waals surface area contributed by atoms with E-state index >= 15 is 0 Å². The van der Waals surface area contributed by atoms with Crippen molar-refractivity contribution in [2.75, 3.05) is 33.1 Å². The van der Waals surface area contributed by atoms with Crippen molar-refractivity contribution in [3.05, 3.63) is 95.3 Å². The van der Waals surface area contributed by atoms with Gasteiger partial charge in [0, 0.05) is 30.4 Å². The maximum Gasteiger partial charge on any atom is 0.255 e. The lowest BCUT2D eigenvalue weighted by Gasteiger charge is -2.25. The van der Waals surface area contributed by atoms with Crippen molar-refractivity contribution in [2.24, 2.45) is 0 Å². The molecule has 3 aromatic carbocycles. The zero-order valence-electron chi connectivity index (χ0n) is 18.1. The number of carbonyl (C=O) groups excluding carboxylic acids is 1. The summed E-state index contributed by atoms with van der Waals surface area (Å²) in [6.45, 7) is 1.36. The second kappa shape index (κ2) is 10.7. The Kier molecular flexibility index (Phi) is 7.76. The smallest absolute Gasteiger partial charge is 0.255 e. The van der Waals surface area contributed by atoms with Gasteiger partial charge in [-0.25, -0.2) is 4.39 Å². The van der Waals surface area contributed by atoms with E-state index in [4.69, 9.17) is 4.74 Å². The zero-order valence-corrected chi connectivity index (χ0v) is 18.1. The molecule has 1 amide bonds. The standard InChI is InChI=1S/C25H28FN3O2/c1-29(2)24(19-7-11-21(26)12-8-19)17-27-16-18-5-4-6-22(15-18)28-25(30)20-9-13-23(31-3)14-10-20/h4-15,24,27H,16-17H2,1-3H3,(H,28,30). The number of benzene rings is 3. The van der Waals surface area contributed by atoms with Crippen LogP contribution in [0.4, 0.5) is 10.1 Å². The number of halogens is 1. The molecule has 0 heterocycles. The van der Waals surface area contributed by atoms with E-state index in [0.29, 0.717) is 24.4 Å². The molecule has 31 heavy (non-hydrogen) atoms. The summed E-state index contributed by atoms with van der Waals surface area (Å²) in [6.07, 6.45) is 0. The minimum absolute atomic E-state index is 0.124. The summed E-state index contributed by atoms with van der Waals surface area (Å²) in [5, 5.41) is 6.39. The Morgan fingerprint density at radius 1 is 1.03 bits per heavy atom. The molecule has 0 bridgehead atoms. The Bertz CT molecular complexity index is 988. The van der Waals surface area contributed by atoms with Crippen LogP contribution >= 0.6 is 0 Å². The van der Waals surface area contributed by atoms with Gasteiger partial charge in [0.25, 0.3) is 5.91 Å². The molecule has 0 radical (unpaired) electrons. The second-order valence-corrected chi connectivity index (χ2v) is 7.54. The SMILES string of the molecule is COc1ccc(C(=O)Nc2cccc(CNCC(c3ccc(F)cc3)N(C)C)c2)cc1. The Labute approximate surface area is 182 Å². The fourth-order valence-corrected chi connectivity index (χ4v) is 3.34. The van der Waals surface area contributed by atoms with Crippen LogP contribution in [0.3, 0.4) is 0 Å². The highest BCUT2D eigenvalue weighted by Gasteiger charge is 2.14. The molecule has 0 spiro atoms. The van der Waals surface area contributed by atoms with Crippen molar-refractivity contribution in [1.29, 1.82) is 0 Å². The number of hydrogen-bond donors (Lipinski definition) is 2. The van der Waals surface area contributed by atoms with Gasteiger partial charge < -0.3 is 20.3 Å². The molecule has 3 rings (SSSR count). The molecular formula is C25H28FN3O2. The molecular weight excluding hydrogens is 393 g/mol. The zero-order chi connectivity index (χ0) is 22.2. The number of methoxy groups -OCH3 is 1. The third-order valence-corrected chi connectivity index (χ3v) is 5.08. The minimum atomic E-state index is -0.234. The first-order valence-corrected chi connectivity index (χ1v) is 10.1. The number of hydrogen-bond acceptors (Lipinski definition) is 4. The maximum absolute atomic E-state index is 13.2. The van der Waals surface area contributed by atoms with Gasteiger partial charge in [0.05, 0.1) is 7.11 Å². The molecule has 162 valence electrons. The van der Waals surface area contributed by atoms with Crippen LogP contribution in [0.2, 0.25) is 0 Å². The summed E-state index contributed by atoms with van der Waals surface area (Å²) in [6, 6.07) is 21.5. The van der Waals surface area contributed by atoms with E-state index in [0.717, 1.165) is 16.8 Å². The molecule has 1 unspecified atom stereocenters. The number of likely N-dealkylation sites (N-methyl/N-ethyl adjacent to an activating group) is 1. The van der Waals surface area contributed by atoms with Gasteiger partial charge in [-0.3, -0.25) is 4.79 Å². The van der Waals surface area contributed by atoms with Crippen molar-refractivity contribution in [2.45, 2.75) is 12.6 Å². The molecule has 0 aliphatic rings. The monoisotopic (exact) mass is 421 g/mol. The summed E-state index contributed by atoms with van der Waals surface area (Å²) in [5.74, 6) is 0.306. The van der Waals surface area contributed by atoms with Crippen molar-refractivity contribution in [3.63, 3.8) is 0 Å². The molecule has 0 aromatic heterocycles. The normalized spacial score (nSPS) is 11.9. The minimum Gasteiger partial charge on any atom is -0.497 e.